The number of aliphatic hydroxyl groups is 1. The summed E-state index contributed by atoms with van der Waals surface area (Å²) in [5.74, 6) is 0. The fraction of sp³-hybridized carbons (Fsp3) is 0.280. The maximum atomic E-state index is 13.1. The summed E-state index contributed by atoms with van der Waals surface area (Å²) in [5.41, 5.74) is 2.22. The predicted octanol–water partition coefficient (Wildman–Crippen LogP) is 5.36. The lowest BCUT2D eigenvalue weighted by Crippen LogP contribution is -2.06. The molecule has 0 aliphatic rings. The van der Waals surface area contributed by atoms with Gasteiger partial charge >= 0.3 is 6.18 Å². The summed E-state index contributed by atoms with van der Waals surface area (Å²) in [6.45, 7) is 4.89. The van der Waals surface area contributed by atoms with Crippen molar-refractivity contribution < 1.29 is 23.0 Å². The van der Waals surface area contributed by atoms with Crippen molar-refractivity contribution in [2.24, 2.45) is 0 Å². The molecule has 0 spiro atoms. The van der Waals surface area contributed by atoms with Gasteiger partial charge in [0.1, 0.15) is 5.65 Å². The van der Waals surface area contributed by atoms with Crippen LogP contribution in [-0.4, -0.2) is 34.5 Å². The van der Waals surface area contributed by atoms with Crippen molar-refractivity contribution in [2.45, 2.75) is 25.6 Å². The Balaban J connectivity index is 1.86. The third-order valence-electron chi connectivity index (χ3n) is 5.08. The average molecular weight is 455 g/mol. The lowest BCUT2D eigenvalue weighted by molar-refractivity contribution is -0.137. The monoisotopic (exact) mass is 455 g/mol. The number of aromatic nitrogens is 2. The van der Waals surface area contributed by atoms with E-state index < -0.39 is 11.7 Å². The Kier molecular flexibility index (Phi) is 8.04. The first kappa shape index (κ1) is 24.2. The zero-order valence-electron chi connectivity index (χ0n) is 18.0. The van der Waals surface area contributed by atoms with Crippen molar-refractivity contribution in [3.63, 3.8) is 0 Å². The summed E-state index contributed by atoms with van der Waals surface area (Å²) >= 11 is 0. The van der Waals surface area contributed by atoms with Gasteiger partial charge in [-0.2, -0.15) is 18.4 Å². The molecular formula is C25H24F3N3O2. The zero-order valence-corrected chi connectivity index (χ0v) is 18.0. The number of rotatable bonds is 10. The molecule has 0 aliphatic heterocycles. The summed E-state index contributed by atoms with van der Waals surface area (Å²) in [7, 11) is 0. The number of fused-ring (bicyclic) bond motifs is 1. The number of allylic oxidation sites excluding steroid dienone is 2. The van der Waals surface area contributed by atoms with E-state index in [9.17, 15) is 18.4 Å². The molecule has 2 heterocycles. The molecule has 1 aromatic carbocycles. The molecule has 0 bridgehead atoms. The highest BCUT2D eigenvalue weighted by molar-refractivity contribution is 5.88. The lowest BCUT2D eigenvalue weighted by Gasteiger charge is -2.09. The first-order valence-corrected chi connectivity index (χ1v) is 10.4. The number of pyridine rings is 1. The van der Waals surface area contributed by atoms with Gasteiger partial charge < -0.3 is 14.4 Å². The summed E-state index contributed by atoms with van der Waals surface area (Å²) in [6, 6.07) is 11.0. The van der Waals surface area contributed by atoms with Crippen LogP contribution in [0, 0.1) is 11.3 Å². The second kappa shape index (κ2) is 10.9. The number of hydrogen-bond donors (Lipinski definition) is 1. The Morgan fingerprint density at radius 3 is 2.79 bits per heavy atom. The molecule has 0 fully saturated rings. The van der Waals surface area contributed by atoms with Crippen molar-refractivity contribution in [3.8, 4) is 6.07 Å². The second-order valence-electron chi connectivity index (χ2n) is 7.50. The predicted molar refractivity (Wildman–Crippen MR) is 120 cm³/mol. The largest absolute Gasteiger partial charge is 0.416 e. The fourth-order valence-corrected chi connectivity index (χ4v) is 3.49. The maximum absolute atomic E-state index is 13.1. The number of nitrogens with zero attached hydrogens (tertiary/aromatic N) is 3. The summed E-state index contributed by atoms with van der Waals surface area (Å²) in [5, 5.41) is 19.2. The average Bonchev–Trinajstić information content (AvgIpc) is 3.14. The van der Waals surface area contributed by atoms with Gasteiger partial charge in [0.25, 0.3) is 0 Å². The van der Waals surface area contributed by atoms with E-state index >= 15 is 0 Å². The minimum absolute atomic E-state index is 0.0388. The van der Waals surface area contributed by atoms with Gasteiger partial charge in [-0.05, 0) is 54.3 Å². The topological polar surface area (TPSA) is 71.1 Å². The molecule has 0 saturated heterocycles. The molecular weight excluding hydrogens is 431 g/mol. The van der Waals surface area contributed by atoms with Crippen molar-refractivity contribution in [1.82, 2.24) is 9.55 Å². The summed E-state index contributed by atoms with van der Waals surface area (Å²) in [6.07, 6.45) is 1.94. The normalized spacial score (nSPS) is 12.2. The minimum atomic E-state index is -4.41. The molecule has 0 atom stereocenters. The van der Waals surface area contributed by atoms with Crippen molar-refractivity contribution in [3.05, 3.63) is 83.2 Å². The molecule has 3 rings (SSSR count). The number of benzene rings is 1. The van der Waals surface area contributed by atoms with Crippen LogP contribution in [0.3, 0.4) is 0 Å². The van der Waals surface area contributed by atoms with Crippen molar-refractivity contribution in [1.29, 1.82) is 5.26 Å². The SMILES string of the molecule is C=C(CCCOCCO)/C(C#N)=C/c1cn(Cc2cccc(C(F)(F)F)c2)c2ncccc12. The summed E-state index contributed by atoms with van der Waals surface area (Å²) in [4.78, 5) is 4.39. The highest BCUT2D eigenvalue weighted by Crippen LogP contribution is 2.30. The third kappa shape index (κ3) is 6.31. The smallest absolute Gasteiger partial charge is 0.394 e. The van der Waals surface area contributed by atoms with E-state index in [0.717, 1.165) is 23.1 Å². The molecule has 172 valence electrons. The zero-order chi connectivity index (χ0) is 23.8. The molecule has 3 aromatic rings. The number of nitriles is 1. The van der Waals surface area contributed by atoms with Crippen LogP contribution >= 0.6 is 0 Å². The number of halogens is 3. The van der Waals surface area contributed by atoms with Crippen LogP contribution in [0.15, 0.2) is 66.5 Å². The van der Waals surface area contributed by atoms with Crippen LogP contribution in [0.4, 0.5) is 13.2 Å². The minimum Gasteiger partial charge on any atom is -0.394 e. The lowest BCUT2D eigenvalue weighted by atomic mass is 10.0. The Hall–Kier alpha value is -3.41. The van der Waals surface area contributed by atoms with Crippen molar-refractivity contribution in [2.75, 3.05) is 19.8 Å². The van der Waals surface area contributed by atoms with E-state index in [4.69, 9.17) is 9.84 Å². The Morgan fingerprint density at radius 1 is 1.24 bits per heavy atom. The van der Waals surface area contributed by atoms with Gasteiger partial charge in [0.15, 0.2) is 0 Å². The van der Waals surface area contributed by atoms with Crippen LogP contribution in [0.5, 0.6) is 0 Å². The van der Waals surface area contributed by atoms with E-state index in [1.54, 1.807) is 35.2 Å². The maximum Gasteiger partial charge on any atom is 0.416 e. The second-order valence-corrected chi connectivity index (χ2v) is 7.50. The van der Waals surface area contributed by atoms with E-state index in [1.807, 2.05) is 6.07 Å². The van der Waals surface area contributed by atoms with E-state index in [2.05, 4.69) is 17.6 Å². The van der Waals surface area contributed by atoms with Gasteiger partial charge in [0, 0.05) is 36.5 Å². The highest BCUT2D eigenvalue weighted by atomic mass is 19.4. The van der Waals surface area contributed by atoms with Gasteiger partial charge in [0.2, 0.25) is 0 Å². The molecule has 2 aromatic heterocycles. The van der Waals surface area contributed by atoms with Gasteiger partial charge in [0.05, 0.1) is 30.4 Å². The number of ether oxygens (including phenoxy) is 1. The van der Waals surface area contributed by atoms with Gasteiger partial charge in [-0.1, -0.05) is 18.7 Å². The molecule has 0 amide bonds. The van der Waals surface area contributed by atoms with Gasteiger partial charge in [-0.25, -0.2) is 4.98 Å². The Morgan fingerprint density at radius 2 is 2.06 bits per heavy atom. The first-order valence-electron chi connectivity index (χ1n) is 10.4. The van der Waals surface area contributed by atoms with Gasteiger partial charge in [-0.15, -0.1) is 0 Å². The van der Waals surface area contributed by atoms with Crippen LogP contribution in [0.2, 0.25) is 0 Å². The molecule has 0 unspecified atom stereocenters. The highest BCUT2D eigenvalue weighted by Gasteiger charge is 2.30. The molecule has 33 heavy (non-hydrogen) atoms. The molecule has 0 aliphatic carbocycles. The quantitative estimate of drug-likeness (QED) is 0.254. The number of alkyl halides is 3. The first-order chi connectivity index (χ1) is 15.8. The van der Waals surface area contributed by atoms with E-state index in [1.165, 1.54) is 6.07 Å². The molecule has 0 radical (unpaired) electrons. The van der Waals surface area contributed by atoms with E-state index in [0.29, 0.717) is 41.8 Å². The van der Waals surface area contributed by atoms with Crippen LogP contribution in [0.1, 0.15) is 29.5 Å². The van der Waals surface area contributed by atoms with Crippen LogP contribution in [-0.2, 0) is 17.5 Å². The van der Waals surface area contributed by atoms with Gasteiger partial charge in [-0.3, -0.25) is 0 Å². The van der Waals surface area contributed by atoms with E-state index in [-0.39, 0.29) is 19.8 Å². The molecule has 1 N–H and O–H groups in total. The molecule has 5 nitrogen and oxygen atoms in total. The third-order valence-corrected chi connectivity index (χ3v) is 5.08. The standard InChI is InChI=1S/C25H24F3N3O2/c1-18(5-4-11-33-12-10-32)20(15-29)14-21-17-31(24-23(21)8-3-9-30-24)16-19-6-2-7-22(13-19)25(26,27)28/h2-3,6-9,13-14,17,32H,1,4-5,10-12,16H2/b20-14+. The fourth-order valence-electron chi connectivity index (χ4n) is 3.49. The summed E-state index contributed by atoms with van der Waals surface area (Å²) < 4.78 is 46.3. The van der Waals surface area contributed by atoms with Crippen LogP contribution < -0.4 is 0 Å². The number of hydrogen-bond acceptors (Lipinski definition) is 4. The Labute approximate surface area is 190 Å². The van der Waals surface area contributed by atoms with Crippen molar-refractivity contribution >= 4 is 17.1 Å². The Bertz CT molecular complexity index is 1190. The number of aliphatic hydroxyl groups excluding tert-OH is 1. The molecule has 0 saturated carbocycles. The van der Waals surface area contributed by atoms with Crippen LogP contribution in [0.25, 0.3) is 17.1 Å². The molecule has 8 heteroatoms.